The average molecular weight is 285 g/mol. The highest BCUT2D eigenvalue weighted by atomic mass is 15.4. The van der Waals surface area contributed by atoms with Crippen molar-refractivity contribution in [3.8, 4) is 11.5 Å². The SMILES string of the molecule is CC(C)(C)C(Cn1ccnc1)n1cc(-c2ncc[nH]2)nn1. The summed E-state index contributed by atoms with van der Waals surface area (Å²) < 4.78 is 3.97. The first-order valence-electron chi connectivity index (χ1n) is 6.91. The Balaban J connectivity index is 1.90. The molecule has 1 N–H and O–H groups in total. The fraction of sp³-hybridized carbons (Fsp3) is 0.429. The van der Waals surface area contributed by atoms with Crippen LogP contribution in [0.1, 0.15) is 26.8 Å². The third-order valence-corrected chi connectivity index (χ3v) is 3.51. The maximum atomic E-state index is 4.29. The van der Waals surface area contributed by atoms with Crippen LogP contribution in [0.3, 0.4) is 0 Å². The van der Waals surface area contributed by atoms with E-state index in [0.717, 1.165) is 18.1 Å². The molecule has 1 unspecified atom stereocenters. The molecule has 21 heavy (non-hydrogen) atoms. The summed E-state index contributed by atoms with van der Waals surface area (Å²) in [5, 5.41) is 8.51. The fourth-order valence-electron chi connectivity index (χ4n) is 2.29. The topological polar surface area (TPSA) is 77.2 Å². The Morgan fingerprint density at radius 1 is 1.29 bits per heavy atom. The van der Waals surface area contributed by atoms with Gasteiger partial charge in [0.1, 0.15) is 5.69 Å². The highest BCUT2D eigenvalue weighted by Crippen LogP contribution is 2.31. The van der Waals surface area contributed by atoms with Gasteiger partial charge in [-0.15, -0.1) is 5.10 Å². The quantitative estimate of drug-likeness (QED) is 0.796. The summed E-state index contributed by atoms with van der Waals surface area (Å²) >= 11 is 0. The number of hydrogen-bond donors (Lipinski definition) is 1. The smallest absolute Gasteiger partial charge is 0.159 e. The van der Waals surface area contributed by atoms with E-state index < -0.39 is 0 Å². The number of aromatic amines is 1. The van der Waals surface area contributed by atoms with Crippen LogP contribution in [0.15, 0.2) is 37.3 Å². The minimum atomic E-state index is 0.0401. The molecule has 0 aromatic carbocycles. The van der Waals surface area contributed by atoms with Gasteiger partial charge in [0, 0.05) is 31.3 Å². The van der Waals surface area contributed by atoms with E-state index in [9.17, 15) is 0 Å². The Morgan fingerprint density at radius 3 is 2.76 bits per heavy atom. The van der Waals surface area contributed by atoms with Crippen molar-refractivity contribution < 1.29 is 0 Å². The molecule has 0 saturated carbocycles. The zero-order chi connectivity index (χ0) is 14.9. The first-order valence-corrected chi connectivity index (χ1v) is 6.91. The monoisotopic (exact) mass is 285 g/mol. The van der Waals surface area contributed by atoms with Crippen LogP contribution in [0, 0.1) is 5.41 Å². The van der Waals surface area contributed by atoms with Crippen LogP contribution >= 0.6 is 0 Å². The van der Waals surface area contributed by atoms with Gasteiger partial charge in [0.25, 0.3) is 0 Å². The number of aromatic nitrogens is 7. The Hall–Kier alpha value is -2.44. The van der Waals surface area contributed by atoms with Crippen molar-refractivity contribution in [1.82, 2.24) is 34.5 Å². The first kappa shape index (κ1) is 13.5. The molecular weight excluding hydrogens is 266 g/mol. The largest absolute Gasteiger partial charge is 0.343 e. The van der Waals surface area contributed by atoms with E-state index in [1.165, 1.54) is 0 Å². The number of nitrogens with one attached hydrogen (secondary N) is 1. The summed E-state index contributed by atoms with van der Waals surface area (Å²) in [4.78, 5) is 11.4. The van der Waals surface area contributed by atoms with E-state index in [0.29, 0.717) is 0 Å². The number of hydrogen-bond acceptors (Lipinski definition) is 4. The maximum absolute atomic E-state index is 4.29. The van der Waals surface area contributed by atoms with Gasteiger partial charge in [0.05, 0.1) is 18.6 Å². The molecule has 3 aromatic rings. The molecule has 0 aliphatic heterocycles. The van der Waals surface area contributed by atoms with Gasteiger partial charge in [-0.05, 0) is 5.41 Å². The summed E-state index contributed by atoms with van der Waals surface area (Å²) in [6.45, 7) is 7.39. The predicted octanol–water partition coefficient (Wildman–Crippen LogP) is 2.15. The molecule has 3 heterocycles. The fourth-order valence-corrected chi connectivity index (χ4v) is 2.29. The summed E-state index contributed by atoms with van der Waals surface area (Å²) in [6.07, 6.45) is 11.0. The van der Waals surface area contributed by atoms with Gasteiger partial charge < -0.3 is 9.55 Å². The van der Waals surface area contributed by atoms with Crippen molar-refractivity contribution in [3.63, 3.8) is 0 Å². The molecule has 0 bridgehead atoms. The van der Waals surface area contributed by atoms with Crippen molar-refractivity contribution in [2.45, 2.75) is 33.4 Å². The van der Waals surface area contributed by atoms with Gasteiger partial charge >= 0.3 is 0 Å². The van der Waals surface area contributed by atoms with Crippen LogP contribution in [0.5, 0.6) is 0 Å². The molecule has 0 spiro atoms. The van der Waals surface area contributed by atoms with E-state index >= 15 is 0 Å². The van der Waals surface area contributed by atoms with E-state index in [1.54, 1.807) is 18.6 Å². The molecule has 0 aliphatic rings. The summed E-state index contributed by atoms with van der Waals surface area (Å²) in [6, 6.07) is 0.169. The first-order chi connectivity index (χ1) is 10.0. The standard InChI is InChI=1S/C14H19N7/c1-14(2,3)12(9-20-7-6-15-10-20)21-8-11(18-19-21)13-16-4-5-17-13/h4-8,10,12H,9H2,1-3H3,(H,16,17). The molecule has 0 fully saturated rings. The molecule has 3 rings (SSSR count). The van der Waals surface area contributed by atoms with E-state index in [-0.39, 0.29) is 11.5 Å². The average Bonchev–Trinajstić information content (AvgIpc) is 3.16. The van der Waals surface area contributed by atoms with Gasteiger partial charge in [0.2, 0.25) is 0 Å². The number of rotatable bonds is 4. The molecular formula is C14H19N7. The summed E-state index contributed by atoms with van der Waals surface area (Å²) in [5.74, 6) is 0.733. The molecule has 7 nitrogen and oxygen atoms in total. The molecule has 1 atom stereocenters. The van der Waals surface area contributed by atoms with Crippen molar-refractivity contribution in [2.75, 3.05) is 0 Å². The van der Waals surface area contributed by atoms with Gasteiger partial charge in [0.15, 0.2) is 5.82 Å². The third-order valence-electron chi connectivity index (χ3n) is 3.51. The Morgan fingerprint density at radius 2 is 2.14 bits per heavy atom. The van der Waals surface area contributed by atoms with Gasteiger partial charge in [-0.25, -0.2) is 14.6 Å². The lowest BCUT2D eigenvalue weighted by Crippen LogP contribution is -2.28. The van der Waals surface area contributed by atoms with Crippen LogP contribution in [0.25, 0.3) is 11.5 Å². The molecule has 3 aromatic heterocycles. The second-order valence-corrected chi connectivity index (χ2v) is 6.16. The second-order valence-electron chi connectivity index (χ2n) is 6.16. The van der Waals surface area contributed by atoms with Crippen LogP contribution in [0.4, 0.5) is 0 Å². The number of imidazole rings is 2. The zero-order valence-corrected chi connectivity index (χ0v) is 12.4. The maximum Gasteiger partial charge on any atom is 0.159 e. The Labute approximate surface area is 123 Å². The van der Waals surface area contributed by atoms with Gasteiger partial charge in [-0.3, -0.25) is 0 Å². The second kappa shape index (κ2) is 5.16. The molecule has 0 saturated heterocycles. The Bertz CT molecular complexity index is 673. The minimum Gasteiger partial charge on any atom is -0.343 e. The highest BCUT2D eigenvalue weighted by Gasteiger charge is 2.28. The minimum absolute atomic E-state index is 0.0401. The lowest BCUT2D eigenvalue weighted by molar-refractivity contribution is 0.196. The van der Waals surface area contributed by atoms with Crippen molar-refractivity contribution >= 4 is 0 Å². The number of nitrogens with zero attached hydrogens (tertiary/aromatic N) is 6. The van der Waals surface area contributed by atoms with E-state index in [4.69, 9.17) is 0 Å². The highest BCUT2D eigenvalue weighted by molar-refractivity contribution is 5.45. The molecule has 0 amide bonds. The normalized spacial score (nSPS) is 13.5. The van der Waals surface area contributed by atoms with Crippen molar-refractivity contribution in [3.05, 3.63) is 37.3 Å². The molecule has 110 valence electrons. The van der Waals surface area contributed by atoms with E-state index in [1.807, 2.05) is 23.4 Å². The third kappa shape index (κ3) is 2.86. The Kier molecular flexibility index (Phi) is 3.32. The van der Waals surface area contributed by atoms with Gasteiger partial charge in [-0.2, -0.15) is 0 Å². The van der Waals surface area contributed by atoms with Crippen LogP contribution < -0.4 is 0 Å². The molecule has 0 radical (unpaired) electrons. The molecule has 0 aliphatic carbocycles. The predicted molar refractivity (Wildman–Crippen MR) is 78.3 cm³/mol. The lowest BCUT2D eigenvalue weighted by atomic mass is 9.86. The van der Waals surface area contributed by atoms with Crippen molar-refractivity contribution in [1.29, 1.82) is 0 Å². The summed E-state index contributed by atoms with van der Waals surface area (Å²) in [7, 11) is 0. The van der Waals surface area contributed by atoms with Crippen LogP contribution in [0.2, 0.25) is 0 Å². The zero-order valence-electron chi connectivity index (χ0n) is 12.4. The lowest BCUT2D eigenvalue weighted by Gasteiger charge is -2.30. The van der Waals surface area contributed by atoms with Crippen LogP contribution in [-0.4, -0.2) is 34.5 Å². The summed E-state index contributed by atoms with van der Waals surface area (Å²) in [5.41, 5.74) is 0.790. The number of H-pyrrole nitrogens is 1. The van der Waals surface area contributed by atoms with E-state index in [2.05, 4.69) is 50.6 Å². The van der Waals surface area contributed by atoms with Crippen molar-refractivity contribution in [2.24, 2.45) is 5.41 Å². The molecule has 7 heteroatoms. The van der Waals surface area contributed by atoms with Crippen LogP contribution in [-0.2, 0) is 6.54 Å². The van der Waals surface area contributed by atoms with Gasteiger partial charge in [-0.1, -0.05) is 26.0 Å².